The average Bonchev–Trinajstić information content (AvgIpc) is 3.18. The van der Waals surface area contributed by atoms with Crippen LogP contribution in [0.3, 0.4) is 0 Å². The number of hydrogen-bond acceptors (Lipinski definition) is 6. The van der Waals surface area contributed by atoms with E-state index in [4.69, 9.17) is 4.74 Å². The van der Waals surface area contributed by atoms with E-state index in [1.54, 1.807) is 24.8 Å². The van der Waals surface area contributed by atoms with Crippen molar-refractivity contribution in [2.24, 2.45) is 5.92 Å². The van der Waals surface area contributed by atoms with E-state index < -0.39 is 0 Å². The van der Waals surface area contributed by atoms with E-state index in [9.17, 15) is 4.79 Å². The van der Waals surface area contributed by atoms with E-state index in [-0.39, 0.29) is 11.8 Å². The Hall–Kier alpha value is -2.67. The number of anilines is 2. The summed E-state index contributed by atoms with van der Waals surface area (Å²) < 4.78 is 5.17. The van der Waals surface area contributed by atoms with Gasteiger partial charge in [-0.1, -0.05) is 6.92 Å². The van der Waals surface area contributed by atoms with Crippen LogP contribution in [0, 0.1) is 5.92 Å². The van der Waals surface area contributed by atoms with Gasteiger partial charge in [0.15, 0.2) is 0 Å². The van der Waals surface area contributed by atoms with Crippen LogP contribution in [-0.2, 0) is 11.2 Å². The van der Waals surface area contributed by atoms with Crippen LogP contribution in [0.25, 0.3) is 10.2 Å². The quantitative estimate of drug-likeness (QED) is 0.703. The standard InChI is InChI=1S/C21H24N4O2S/c1-3-17-11-18-19(22-13-23-21(18)28-17)25-10-4-5-14(12-25)20(26)24-15-6-8-16(27-2)9-7-15/h6-9,11,13-14H,3-5,10,12H2,1-2H3,(H,24,26)/t14-/m1/s1. The number of fused-ring (bicyclic) bond motifs is 1. The molecule has 0 unspecified atom stereocenters. The van der Waals surface area contributed by atoms with Crippen molar-refractivity contribution in [2.75, 3.05) is 30.4 Å². The van der Waals surface area contributed by atoms with E-state index in [1.807, 2.05) is 24.3 Å². The average molecular weight is 397 g/mol. The van der Waals surface area contributed by atoms with Gasteiger partial charge in [0, 0.05) is 23.7 Å². The van der Waals surface area contributed by atoms with Crippen LogP contribution in [0.4, 0.5) is 11.5 Å². The number of thiophene rings is 1. The molecule has 0 aliphatic carbocycles. The topological polar surface area (TPSA) is 67.4 Å². The summed E-state index contributed by atoms with van der Waals surface area (Å²) in [5, 5.41) is 4.13. The van der Waals surface area contributed by atoms with Gasteiger partial charge < -0.3 is 15.0 Å². The van der Waals surface area contributed by atoms with Crippen LogP contribution in [0.5, 0.6) is 5.75 Å². The van der Waals surface area contributed by atoms with Gasteiger partial charge in [0.05, 0.1) is 18.4 Å². The monoisotopic (exact) mass is 396 g/mol. The number of ether oxygens (including phenoxy) is 1. The molecular formula is C21H24N4O2S. The number of nitrogens with zero attached hydrogens (tertiary/aromatic N) is 3. The Balaban J connectivity index is 1.49. The van der Waals surface area contributed by atoms with Crippen molar-refractivity contribution >= 4 is 39.0 Å². The fourth-order valence-electron chi connectivity index (χ4n) is 3.62. The fraction of sp³-hybridized carbons (Fsp3) is 0.381. The molecule has 4 rings (SSSR count). The molecule has 1 fully saturated rings. The Morgan fingerprint density at radius 1 is 1.32 bits per heavy atom. The molecule has 3 heterocycles. The summed E-state index contributed by atoms with van der Waals surface area (Å²) in [6, 6.07) is 9.62. The number of carbonyl (C=O) groups excluding carboxylic acids is 1. The van der Waals surface area contributed by atoms with E-state index in [0.29, 0.717) is 6.54 Å². The predicted octanol–water partition coefficient (Wildman–Crippen LogP) is 4.12. The second-order valence-electron chi connectivity index (χ2n) is 6.99. The van der Waals surface area contributed by atoms with Gasteiger partial charge in [0.1, 0.15) is 22.7 Å². The molecule has 2 aromatic heterocycles. The summed E-state index contributed by atoms with van der Waals surface area (Å²) in [7, 11) is 1.63. The molecule has 0 saturated carbocycles. The maximum Gasteiger partial charge on any atom is 0.229 e. The van der Waals surface area contributed by atoms with Gasteiger partial charge in [-0.05, 0) is 49.6 Å². The van der Waals surface area contributed by atoms with E-state index in [2.05, 4.69) is 33.2 Å². The minimum atomic E-state index is -0.0647. The van der Waals surface area contributed by atoms with Crippen molar-refractivity contribution < 1.29 is 9.53 Å². The maximum absolute atomic E-state index is 12.8. The normalized spacial score (nSPS) is 16.9. The molecule has 7 heteroatoms. The third-order valence-electron chi connectivity index (χ3n) is 5.16. The van der Waals surface area contributed by atoms with Crippen molar-refractivity contribution in [3.63, 3.8) is 0 Å². The molecule has 0 spiro atoms. The minimum absolute atomic E-state index is 0.0553. The first-order valence-corrected chi connectivity index (χ1v) is 10.4. The molecule has 28 heavy (non-hydrogen) atoms. The molecule has 3 aromatic rings. The number of aryl methyl sites for hydroxylation is 1. The van der Waals surface area contributed by atoms with Gasteiger partial charge in [0.25, 0.3) is 0 Å². The molecule has 1 aromatic carbocycles. The molecule has 1 N–H and O–H groups in total. The number of methoxy groups -OCH3 is 1. The van der Waals surface area contributed by atoms with Crippen molar-refractivity contribution in [1.29, 1.82) is 0 Å². The van der Waals surface area contributed by atoms with E-state index in [1.165, 1.54) is 4.88 Å². The van der Waals surface area contributed by atoms with Crippen LogP contribution < -0.4 is 15.0 Å². The summed E-state index contributed by atoms with van der Waals surface area (Å²) in [6.45, 7) is 3.74. The van der Waals surface area contributed by atoms with E-state index >= 15 is 0 Å². The molecule has 1 aliphatic rings. The van der Waals surface area contributed by atoms with Crippen molar-refractivity contribution in [3.8, 4) is 5.75 Å². The first-order valence-electron chi connectivity index (χ1n) is 9.61. The summed E-state index contributed by atoms with van der Waals surface area (Å²) in [6.07, 6.45) is 4.48. The van der Waals surface area contributed by atoms with Crippen LogP contribution in [0.15, 0.2) is 36.7 Å². The molecule has 1 amide bonds. The Morgan fingerprint density at radius 3 is 2.89 bits per heavy atom. The summed E-state index contributed by atoms with van der Waals surface area (Å²) in [4.78, 5) is 26.3. The summed E-state index contributed by atoms with van der Waals surface area (Å²) in [5.74, 6) is 1.71. The van der Waals surface area contributed by atoms with Gasteiger partial charge in [-0.15, -0.1) is 11.3 Å². The molecule has 0 bridgehead atoms. The number of aromatic nitrogens is 2. The van der Waals surface area contributed by atoms with Crippen LogP contribution >= 0.6 is 11.3 Å². The first kappa shape index (κ1) is 18.7. The molecule has 146 valence electrons. The van der Waals surface area contributed by atoms with Gasteiger partial charge in [0.2, 0.25) is 5.91 Å². The van der Waals surface area contributed by atoms with Gasteiger partial charge in [-0.25, -0.2) is 9.97 Å². The zero-order valence-corrected chi connectivity index (χ0v) is 17.0. The SMILES string of the molecule is CCc1cc2c(N3CCC[C@@H](C(=O)Nc4ccc(OC)cc4)C3)ncnc2s1. The van der Waals surface area contributed by atoms with Gasteiger partial charge >= 0.3 is 0 Å². The fourth-order valence-corrected chi connectivity index (χ4v) is 4.55. The number of benzene rings is 1. The third-order valence-corrected chi connectivity index (χ3v) is 6.34. The molecule has 6 nitrogen and oxygen atoms in total. The number of piperidine rings is 1. The highest BCUT2D eigenvalue weighted by molar-refractivity contribution is 7.18. The number of amides is 1. The highest BCUT2D eigenvalue weighted by atomic mass is 32.1. The largest absolute Gasteiger partial charge is 0.497 e. The Labute approximate surface area is 168 Å². The number of rotatable bonds is 5. The lowest BCUT2D eigenvalue weighted by Crippen LogP contribution is -2.41. The number of nitrogens with one attached hydrogen (secondary N) is 1. The smallest absolute Gasteiger partial charge is 0.229 e. The predicted molar refractivity (Wildman–Crippen MR) is 113 cm³/mol. The van der Waals surface area contributed by atoms with Crippen molar-refractivity contribution in [1.82, 2.24) is 9.97 Å². The highest BCUT2D eigenvalue weighted by Gasteiger charge is 2.28. The zero-order valence-electron chi connectivity index (χ0n) is 16.1. The minimum Gasteiger partial charge on any atom is -0.497 e. The zero-order chi connectivity index (χ0) is 19.5. The van der Waals surface area contributed by atoms with Crippen molar-refractivity contribution in [3.05, 3.63) is 41.5 Å². The first-order chi connectivity index (χ1) is 13.7. The molecule has 0 radical (unpaired) electrons. The third kappa shape index (κ3) is 3.80. The Kier molecular flexibility index (Phi) is 5.43. The second kappa shape index (κ2) is 8.14. The second-order valence-corrected chi connectivity index (χ2v) is 8.10. The number of hydrogen-bond donors (Lipinski definition) is 1. The molecule has 1 saturated heterocycles. The lowest BCUT2D eigenvalue weighted by Gasteiger charge is -2.33. The summed E-state index contributed by atoms with van der Waals surface area (Å²) in [5.41, 5.74) is 0.790. The van der Waals surface area contributed by atoms with Crippen LogP contribution in [-0.4, -0.2) is 36.1 Å². The van der Waals surface area contributed by atoms with Crippen molar-refractivity contribution in [2.45, 2.75) is 26.2 Å². The molecule has 1 atom stereocenters. The molecular weight excluding hydrogens is 372 g/mol. The van der Waals surface area contributed by atoms with Crippen LogP contribution in [0.2, 0.25) is 0 Å². The van der Waals surface area contributed by atoms with E-state index in [0.717, 1.165) is 53.3 Å². The molecule has 1 aliphatic heterocycles. The summed E-state index contributed by atoms with van der Waals surface area (Å²) >= 11 is 1.72. The highest BCUT2D eigenvalue weighted by Crippen LogP contribution is 2.32. The Morgan fingerprint density at radius 2 is 2.14 bits per heavy atom. The van der Waals surface area contributed by atoms with Gasteiger partial charge in [-0.3, -0.25) is 4.79 Å². The number of carbonyl (C=O) groups is 1. The van der Waals surface area contributed by atoms with Gasteiger partial charge in [-0.2, -0.15) is 0 Å². The maximum atomic E-state index is 12.8. The lowest BCUT2D eigenvalue weighted by atomic mass is 9.97. The lowest BCUT2D eigenvalue weighted by molar-refractivity contribution is -0.120. The Bertz CT molecular complexity index is 970. The van der Waals surface area contributed by atoms with Crippen LogP contribution in [0.1, 0.15) is 24.6 Å².